The molecule has 10 heteroatoms. The van der Waals surface area contributed by atoms with Gasteiger partial charge in [-0.1, -0.05) is 35.9 Å². The summed E-state index contributed by atoms with van der Waals surface area (Å²) in [4.78, 5) is 16.6. The van der Waals surface area contributed by atoms with Crippen molar-refractivity contribution in [3.05, 3.63) is 82.7 Å². The van der Waals surface area contributed by atoms with Crippen molar-refractivity contribution < 1.29 is 32.2 Å². The molecule has 1 aliphatic heterocycles. The summed E-state index contributed by atoms with van der Waals surface area (Å²) < 4.78 is 54.0. The van der Waals surface area contributed by atoms with Gasteiger partial charge in [-0.05, 0) is 43.2 Å². The highest BCUT2D eigenvalue weighted by molar-refractivity contribution is 6.03. The molecule has 7 nitrogen and oxygen atoms in total. The van der Waals surface area contributed by atoms with Gasteiger partial charge in [-0.15, -0.1) is 0 Å². The van der Waals surface area contributed by atoms with E-state index in [1.807, 2.05) is 37.3 Å². The second-order valence-corrected chi connectivity index (χ2v) is 8.98. The first-order valence-electron chi connectivity index (χ1n) is 11.9. The van der Waals surface area contributed by atoms with E-state index in [9.17, 15) is 18.0 Å². The van der Waals surface area contributed by atoms with E-state index in [-0.39, 0.29) is 24.3 Å². The zero-order chi connectivity index (χ0) is 27.4. The van der Waals surface area contributed by atoms with Crippen LogP contribution in [0.5, 0.6) is 17.2 Å². The molecule has 1 amide bonds. The SMILES string of the molecule is COc1cc(C2CC(c3ccc(C)cc3)=NN2C(C)=O)ccc1OCc1nccc(OCC(F)(F)F)c1C. The third-order valence-electron chi connectivity index (χ3n) is 6.20. The van der Waals surface area contributed by atoms with Crippen LogP contribution < -0.4 is 14.2 Å². The minimum atomic E-state index is -4.44. The van der Waals surface area contributed by atoms with Crippen LogP contribution >= 0.6 is 0 Å². The number of methoxy groups -OCH3 is 1. The Labute approximate surface area is 218 Å². The topological polar surface area (TPSA) is 73.2 Å². The molecule has 0 radical (unpaired) electrons. The smallest absolute Gasteiger partial charge is 0.422 e. The molecular formula is C28H28F3N3O4. The Bertz CT molecular complexity index is 1340. The van der Waals surface area contributed by atoms with Crippen molar-refractivity contribution >= 4 is 11.6 Å². The summed E-state index contributed by atoms with van der Waals surface area (Å²) in [6, 6.07) is 14.4. The number of aromatic nitrogens is 1. The van der Waals surface area contributed by atoms with Crippen molar-refractivity contribution in [2.75, 3.05) is 13.7 Å². The Hall–Kier alpha value is -4.08. The molecule has 1 unspecified atom stereocenters. The number of hydrogen-bond donors (Lipinski definition) is 0. The fraction of sp³-hybridized carbons (Fsp3) is 0.321. The van der Waals surface area contributed by atoms with Crippen molar-refractivity contribution in [1.29, 1.82) is 0 Å². The van der Waals surface area contributed by atoms with Crippen LogP contribution in [0.2, 0.25) is 0 Å². The molecule has 2 aromatic carbocycles. The van der Waals surface area contributed by atoms with Crippen molar-refractivity contribution in [2.24, 2.45) is 5.10 Å². The predicted molar refractivity (Wildman–Crippen MR) is 135 cm³/mol. The maximum absolute atomic E-state index is 12.6. The van der Waals surface area contributed by atoms with E-state index in [2.05, 4.69) is 10.1 Å². The molecule has 0 saturated carbocycles. The zero-order valence-corrected chi connectivity index (χ0v) is 21.5. The molecule has 0 saturated heterocycles. The number of benzene rings is 2. The van der Waals surface area contributed by atoms with E-state index < -0.39 is 12.8 Å². The maximum atomic E-state index is 12.6. The zero-order valence-electron chi connectivity index (χ0n) is 21.5. The van der Waals surface area contributed by atoms with E-state index in [0.29, 0.717) is 29.2 Å². The van der Waals surface area contributed by atoms with Crippen LogP contribution in [0.1, 0.15) is 47.3 Å². The van der Waals surface area contributed by atoms with Gasteiger partial charge in [0.05, 0.1) is 24.6 Å². The fourth-order valence-electron chi connectivity index (χ4n) is 4.16. The van der Waals surface area contributed by atoms with Gasteiger partial charge in [0, 0.05) is 25.1 Å². The normalized spacial score (nSPS) is 15.3. The lowest BCUT2D eigenvalue weighted by molar-refractivity contribution is -0.153. The number of nitrogens with zero attached hydrogens (tertiary/aromatic N) is 3. The van der Waals surface area contributed by atoms with E-state index >= 15 is 0 Å². The van der Waals surface area contributed by atoms with Crippen LogP contribution in [-0.2, 0) is 11.4 Å². The molecule has 2 heterocycles. The predicted octanol–water partition coefficient (Wildman–Crippen LogP) is 5.92. The molecule has 0 fully saturated rings. The van der Waals surface area contributed by atoms with Crippen LogP contribution in [-0.4, -0.2) is 41.5 Å². The highest BCUT2D eigenvalue weighted by Crippen LogP contribution is 2.38. The highest BCUT2D eigenvalue weighted by atomic mass is 19.4. The van der Waals surface area contributed by atoms with E-state index in [4.69, 9.17) is 14.2 Å². The highest BCUT2D eigenvalue weighted by Gasteiger charge is 2.32. The summed E-state index contributed by atoms with van der Waals surface area (Å²) in [5, 5.41) is 6.06. The van der Waals surface area contributed by atoms with Gasteiger partial charge in [0.1, 0.15) is 12.4 Å². The molecule has 1 aliphatic rings. The van der Waals surface area contributed by atoms with E-state index in [0.717, 1.165) is 22.4 Å². The fourth-order valence-corrected chi connectivity index (χ4v) is 4.16. The number of aryl methyl sites for hydroxylation is 1. The molecule has 1 atom stereocenters. The lowest BCUT2D eigenvalue weighted by Gasteiger charge is -2.22. The minimum absolute atomic E-state index is 0.00552. The van der Waals surface area contributed by atoms with Crippen molar-refractivity contribution in [1.82, 2.24) is 9.99 Å². The summed E-state index contributed by atoms with van der Waals surface area (Å²) in [5.41, 5.74) is 4.63. The Kier molecular flexibility index (Phi) is 7.89. The molecule has 4 rings (SSSR count). The second-order valence-electron chi connectivity index (χ2n) is 8.98. The third-order valence-corrected chi connectivity index (χ3v) is 6.20. The lowest BCUT2D eigenvalue weighted by Crippen LogP contribution is -2.24. The van der Waals surface area contributed by atoms with Gasteiger partial charge in [-0.25, -0.2) is 5.01 Å². The Morgan fingerprint density at radius 2 is 1.76 bits per heavy atom. The molecule has 3 aromatic rings. The third kappa shape index (κ3) is 6.24. The van der Waals surface area contributed by atoms with Crippen molar-refractivity contribution in [3.8, 4) is 17.2 Å². The van der Waals surface area contributed by atoms with Crippen LogP contribution in [0, 0.1) is 13.8 Å². The average molecular weight is 528 g/mol. The van der Waals surface area contributed by atoms with Gasteiger partial charge >= 0.3 is 6.18 Å². The number of ether oxygens (including phenoxy) is 3. The molecular weight excluding hydrogens is 499 g/mol. The Morgan fingerprint density at radius 3 is 2.42 bits per heavy atom. The summed E-state index contributed by atoms with van der Waals surface area (Å²) in [6.45, 7) is 3.72. The van der Waals surface area contributed by atoms with Gasteiger partial charge in [0.2, 0.25) is 5.91 Å². The Balaban J connectivity index is 1.51. The number of halogens is 3. The first-order chi connectivity index (χ1) is 18.1. The second kappa shape index (κ2) is 11.1. The van der Waals surface area contributed by atoms with Crippen molar-refractivity contribution in [3.63, 3.8) is 0 Å². The number of amides is 1. The molecule has 0 N–H and O–H groups in total. The van der Waals surface area contributed by atoms with Gasteiger partial charge in [-0.3, -0.25) is 9.78 Å². The summed E-state index contributed by atoms with van der Waals surface area (Å²) in [5.74, 6) is 0.779. The monoisotopic (exact) mass is 527 g/mol. The number of rotatable bonds is 8. The number of hydrazone groups is 1. The van der Waals surface area contributed by atoms with Gasteiger partial charge < -0.3 is 14.2 Å². The summed E-state index contributed by atoms with van der Waals surface area (Å²) in [7, 11) is 1.51. The average Bonchev–Trinajstić information content (AvgIpc) is 3.33. The largest absolute Gasteiger partial charge is 0.493 e. The first kappa shape index (κ1) is 27.0. The molecule has 38 heavy (non-hydrogen) atoms. The molecule has 0 bridgehead atoms. The molecule has 200 valence electrons. The number of alkyl halides is 3. The van der Waals surface area contributed by atoms with Crippen LogP contribution in [0.15, 0.2) is 59.8 Å². The van der Waals surface area contributed by atoms with E-state index in [1.165, 1.54) is 31.3 Å². The Morgan fingerprint density at radius 1 is 1.03 bits per heavy atom. The molecule has 0 aliphatic carbocycles. The van der Waals surface area contributed by atoms with Crippen molar-refractivity contribution in [2.45, 2.75) is 46.0 Å². The number of carbonyl (C=O) groups excluding carboxylic acids is 1. The van der Waals surface area contributed by atoms with Gasteiger partial charge in [-0.2, -0.15) is 18.3 Å². The maximum Gasteiger partial charge on any atom is 0.422 e. The van der Waals surface area contributed by atoms with Crippen LogP contribution in [0.3, 0.4) is 0 Å². The standard InChI is InChI=1S/C28H28F3N3O4/c1-17-5-7-20(8-6-17)22-14-24(34(33-22)19(3)35)21-9-10-26(27(13-21)36-4)37-15-23-18(2)25(11-12-32-23)38-16-28(29,30)31/h5-13,24H,14-16H2,1-4H3. The van der Waals surface area contributed by atoms with Crippen LogP contribution in [0.25, 0.3) is 0 Å². The van der Waals surface area contributed by atoms with E-state index in [1.54, 1.807) is 19.1 Å². The number of carbonyl (C=O) groups is 1. The molecule has 1 aromatic heterocycles. The first-order valence-corrected chi connectivity index (χ1v) is 11.9. The van der Waals surface area contributed by atoms with Gasteiger partial charge in [0.15, 0.2) is 18.1 Å². The van der Waals surface area contributed by atoms with Crippen LogP contribution in [0.4, 0.5) is 13.2 Å². The minimum Gasteiger partial charge on any atom is -0.493 e. The molecule has 0 spiro atoms. The number of hydrogen-bond acceptors (Lipinski definition) is 6. The lowest BCUT2D eigenvalue weighted by atomic mass is 9.97. The summed E-state index contributed by atoms with van der Waals surface area (Å²) >= 11 is 0. The quantitative estimate of drug-likeness (QED) is 0.363. The number of pyridine rings is 1. The van der Waals surface area contributed by atoms with Gasteiger partial charge in [0.25, 0.3) is 0 Å². The summed E-state index contributed by atoms with van der Waals surface area (Å²) in [6.07, 6.45) is -2.52.